The van der Waals surface area contributed by atoms with Crippen molar-refractivity contribution in [2.24, 2.45) is 0 Å². The Morgan fingerprint density at radius 3 is 1.82 bits per heavy atom. The first-order valence-corrected chi connectivity index (χ1v) is 14.1. The van der Waals surface area contributed by atoms with E-state index in [-0.39, 0.29) is 12.0 Å². The molecule has 6 heteroatoms. The number of hydrogen-bond acceptors (Lipinski definition) is 3. The maximum Gasteiger partial charge on any atom is 0.582 e. The molecule has 0 aromatic heterocycles. The Hall–Kier alpha value is -0.120. The van der Waals surface area contributed by atoms with Gasteiger partial charge in [0.05, 0.1) is 6.54 Å². The molecule has 0 radical (unpaired) electrons. The Kier molecular flexibility index (Phi) is 16.4. The van der Waals surface area contributed by atoms with Gasteiger partial charge in [-0.3, -0.25) is 4.79 Å². The van der Waals surface area contributed by atoms with Crippen LogP contribution in [0.1, 0.15) is 116 Å². The summed E-state index contributed by atoms with van der Waals surface area (Å²) in [6.45, 7) is 3.56. The van der Waals surface area contributed by atoms with Gasteiger partial charge in [-0.05, 0) is 17.4 Å². The number of carbonyl (C=O) groups excluding carboxylic acids is 1. The van der Waals surface area contributed by atoms with E-state index in [0.29, 0.717) is 13.0 Å². The molecule has 0 aliphatic carbocycles. The summed E-state index contributed by atoms with van der Waals surface area (Å²) in [5.74, 6) is 0.218. The van der Waals surface area contributed by atoms with Crippen LogP contribution in [0.15, 0.2) is 0 Å². The van der Waals surface area contributed by atoms with Crippen LogP contribution in [0.3, 0.4) is 0 Å². The second-order valence-electron chi connectivity index (χ2n) is 8.29. The molecule has 0 aromatic rings. The molecule has 28 heavy (non-hydrogen) atoms. The number of thiol groups is 1. The van der Waals surface area contributed by atoms with E-state index in [0.717, 1.165) is 25.8 Å². The van der Waals surface area contributed by atoms with E-state index in [1.165, 1.54) is 83.5 Å². The third-order valence-corrected chi connectivity index (χ3v) is 6.49. The molecule has 1 rings (SSSR count). The van der Waals surface area contributed by atoms with Gasteiger partial charge in [0, 0.05) is 13.0 Å². The largest absolute Gasteiger partial charge is 0.582 e. The van der Waals surface area contributed by atoms with Crippen LogP contribution in [-0.2, 0) is 13.9 Å². The summed E-state index contributed by atoms with van der Waals surface area (Å²) in [6.07, 6.45) is 21.4. The number of amides is 1. The van der Waals surface area contributed by atoms with E-state index in [1.54, 1.807) is 0 Å². The van der Waals surface area contributed by atoms with Crippen molar-refractivity contribution in [1.82, 2.24) is 4.90 Å². The van der Waals surface area contributed by atoms with Gasteiger partial charge in [-0.2, -0.15) is 0 Å². The Labute approximate surface area is 179 Å². The van der Waals surface area contributed by atoms with Crippen LogP contribution in [0, 0.1) is 0 Å². The molecular formula is C22H43NO3PS+. The third-order valence-electron chi connectivity index (χ3n) is 5.73. The fraction of sp³-hybridized carbons (Fsp3) is 0.955. The molecule has 1 heterocycles. The highest BCUT2D eigenvalue weighted by Gasteiger charge is 2.31. The lowest BCUT2D eigenvalue weighted by Crippen LogP contribution is -2.29. The van der Waals surface area contributed by atoms with Crippen LogP contribution >= 0.6 is 19.5 Å². The fourth-order valence-corrected chi connectivity index (χ4v) is 4.80. The molecule has 1 aliphatic heterocycles. The van der Waals surface area contributed by atoms with Gasteiger partial charge >= 0.3 is 7.23 Å². The Balaban J connectivity index is 1.82. The van der Waals surface area contributed by atoms with Crippen molar-refractivity contribution in [3.63, 3.8) is 0 Å². The van der Waals surface area contributed by atoms with Crippen LogP contribution in [-0.4, -0.2) is 30.0 Å². The topological polar surface area (TPSA) is 46.6 Å². The predicted octanol–water partition coefficient (Wildman–Crippen LogP) is 7.45. The van der Waals surface area contributed by atoms with Gasteiger partial charge in [-0.1, -0.05) is 96.8 Å². The number of rotatable bonds is 18. The maximum absolute atomic E-state index is 12.2. The number of nitrogens with zero attached hydrogens (tertiary/aromatic N) is 1. The van der Waals surface area contributed by atoms with Crippen molar-refractivity contribution < 1.29 is 13.9 Å². The molecular weight excluding hydrogens is 389 g/mol. The number of likely N-dealkylation sites (tertiary alicyclic amines) is 1. The van der Waals surface area contributed by atoms with E-state index in [1.807, 2.05) is 4.90 Å². The summed E-state index contributed by atoms with van der Waals surface area (Å²) >= 11 is 3.78. The van der Waals surface area contributed by atoms with Gasteiger partial charge in [0.2, 0.25) is 5.91 Å². The number of unbranched alkanes of at least 4 members (excludes halogenated alkanes) is 14. The van der Waals surface area contributed by atoms with Gasteiger partial charge in [-0.15, -0.1) is 4.52 Å². The molecule has 0 spiro atoms. The summed E-state index contributed by atoms with van der Waals surface area (Å²) in [7, 11) is -1.87. The molecule has 4 nitrogen and oxygen atoms in total. The number of hydrogen-bond donors (Lipinski definition) is 1. The standard InChI is InChI=1S/C22H42NO3PS/c1-2-3-4-5-6-7-8-9-10-11-12-13-14-15-16-17-22(24)23-19-18-21(20-23)26-27(25)28/h21H,2-20H2,1H3/p+1/t21-/m0/s1. The quantitative estimate of drug-likeness (QED) is 0.139. The molecule has 0 saturated carbocycles. The Morgan fingerprint density at radius 2 is 1.36 bits per heavy atom. The second kappa shape index (κ2) is 17.7. The lowest BCUT2D eigenvalue weighted by Gasteiger charge is -2.15. The minimum Gasteiger partial charge on any atom is -0.340 e. The van der Waals surface area contributed by atoms with Gasteiger partial charge < -0.3 is 4.90 Å². The molecule has 1 unspecified atom stereocenters. The van der Waals surface area contributed by atoms with E-state index >= 15 is 0 Å². The van der Waals surface area contributed by atoms with Crippen LogP contribution in [0.4, 0.5) is 0 Å². The maximum atomic E-state index is 12.2. The monoisotopic (exact) mass is 432 g/mol. The normalized spacial score (nSPS) is 17.3. The first-order chi connectivity index (χ1) is 13.6. The highest BCUT2D eigenvalue weighted by atomic mass is 32.7. The van der Waals surface area contributed by atoms with E-state index in [2.05, 4.69) is 19.2 Å². The molecule has 1 fully saturated rings. The molecule has 1 aliphatic rings. The minimum atomic E-state index is -1.87. The van der Waals surface area contributed by atoms with Crippen LogP contribution in [0.2, 0.25) is 0 Å². The first kappa shape index (κ1) is 25.9. The molecule has 1 saturated heterocycles. The molecule has 0 aromatic carbocycles. The SMILES string of the molecule is CCCCCCCCCCCCCCCCCC(=O)N1CC[C@H](O[P+](=O)S)C1. The smallest absolute Gasteiger partial charge is 0.340 e. The van der Waals surface area contributed by atoms with Crippen molar-refractivity contribution >= 4 is 25.4 Å². The first-order valence-electron chi connectivity index (χ1n) is 11.7. The predicted molar refractivity (Wildman–Crippen MR) is 122 cm³/mol. The van der Waals surface area contributed by atoms with Crippen LogP contribution in [0.5, 0.6) is 0 Å². The Bertz CT molecular complexity index is 423. The van der Waals surface area contributed by atoms with Crippen molar-refractivity contribution in [1.29, 1.82) is 0 Å². The lowest BCUT2D eigenvalue weighted by molar-refractivity contribution is -0.130. The van der Waals surface area contributed by atoms with Gasteiger partial charge in [0.25, 0.3) is 0 Å². The van der Waals surface area contributed by atoms with E-state index in [4.69, 9.17) is 4.52 Å². The lowest BCUT2D eigenvalue weighted by atomic mass is 10.0. The molecule has 1 amide bonds. The zero-order valence-electron chi connectivity index (χ0n) is 18.1. The Morgan fingerprint density at radius 1 is 0.893 bits per heavy atom. The zero-order valence-corrected chi connectivity index (χ0v) is 19.9. The number of carbonyl (C=O) groups is 1. The highest BCUT2D eigenvalue weighted by Crippen LogP contribution is 2.32. The molecule has 164 valence electrons. The fourth-order valence-electron chi connectivity index (χ4n) is 3.97. The van der Waals surface area contributed by atoms with E-state index in [9.17, 15) is 9.36 Å². The third kappa shape index (κ3) is 14.0. The molecule has 0 bridgehead atoms. The summed E-state index contributed by atoms with van der Waals surface area (Å²) in [6, 6.07) is 0. The van der Waals surface area contributed by atoms with Gasteiger partial charge in [0.1, 0.15) is 18.4 Å². The molecule has 2 atom stereocenters. The van der Waals surface area contributed by atoms with Crippen molar-refractivity contribution in [2.75, 3.05) is 13.1 Å². The highest BCUT2D eigenvalue weighted by molar-refractivity contribution is 8.39. The molecule has 0 N–H and O–H groups in total. The summed E-state index contributed by atoms with van der Waals surface area (Å²) in [5.41, 5.74) is 0. The van der Waals surface area contributed by atoms with Crippen molar-refractivity contribution in [3.8, 4) is 0 Å². The zero-order chi connectivity index (χ0) is 20.5. The van der Waals surface area contributed by atoms with Crippen LogP contribution in [0.25, 0.3) is 0 Å². The van der Waals surface area contributed by atoms with E-state index < -0.39 is 7.23 Å². The minimum absolute atomic E-state index is 0.105. The summed E-state index contributed by atoms with van der Waals surface area (Å²) < 4.78 is 16.2. The summed E-state index contributed by atoms with van der Waals surface area (Å²) in [4.78, 5) is 14.0. The van der Waals surface area contributed by atoms with Crippen molar-refractivity contribution in [2.45, 2.75) is 122 Å². The second-order valence-corrected chi connectivity index (χ2v) is 9.96. The average Bonchev–Trinajstić information content (AvgIpc) is 3.12. The van der Waals surface area contributed by atoms with Crippen LogP contribution < -0.4 is 0 Å². The van der Waals surface area contributed by atoms with Gasteiger partial charge in [-0.25, -0.2) is 0 Å². The van der Waals surface area contributed by atoms with Gasteiger partial charge in [0.15, 0.2) is 0 Å². The van der Waals surface area contributed by atoms with Crippen molar-refractivity contribution in [3.05, 3.63) is 0 Å². The summed E-state index contributed by atoms with van der Waals surface area (Å²) in [5, 5.41) is 0. The average molecular weight is 433 g/mol.